The molecule has 0 amide bonds. The summed E-state index contributed by atoms with van der Waals surface area (Å²) in [5, 5.41) is 0. The van der Waals surface area contributed by atoms with E-state index in [1.54, 1.807) is 0 Å². The number of rotatable bonds is 4. The largest absolute Gasteiger partial charge is 0.493 e. The molecule has 0 saturated carbocycles. The van der Waals surface area contributed by atoms with Crippen molar-refractivity contribution >= 4 is 11.8 Å². The number of hydrogen-bond donors (Lipinski definition) is 0. The Hall–Kier alpha value is -2.76. The van der Waals surface area contributed by atoms with Gasteiger partial charge in [0.05, 0.1) is 12.7 Å². The minimum absolute atomic E-state index is 0.0437. The summed E-state index contributed by atoms with van der Waals surface area (Å²) in [6, 6.07) is 6.63. The number of Topliss-reactive ketones (excluding diaryl/α,β-unsaturated/α-hetero) is 1. The van der Waals surface area contributed by atoms with Crippen molar-refractivity contribution in [2.45, 2.75) is 6.92 Å². The Bertz CT molecular complexity index is 721. The summed E-state index contributed by atoms with van der Waals surface area (Å²) in [6.07, 6.45) is 0. The first-order chi connectivity index (χ1) is 10.4. The maximum atomic E-state index is 13.1. The third-order valence-electron chi connectivity index (χ3n) is 2.87. The Morgan fingerprint density at radius 2 is 1.55 bits per heavy atom. The molecular formula is C16H12F2O4. The zero-order valence-corrected chi connectivity index (χ0v) is 11.9. The molecule has 0 heterocycles. The monoisotopic (exact) mass is 306 g/mol. The van der Waals surface area contributed by atoms with Gasteiger partial charge in [0.25, 0.3) is 0 Å². The lowest BCUT2D eigenvalue weighted by molar-refractivity contribution is 0.0728. The molecule has 4 nitrogen and oxygen atoms in total. The molecule has 0 aromatic heterocycles. The second kappa shape index (κ2) is 6.34. The van der Waals surface area contributed by atoms with Crippen molar-refractivity contribution < 1.29 is 27.8 Å². The number of ether oxygens (including phenoxy) is 2. The molecule has 0 unspecified atom stereocenters. The lowest BCUT2D eigenvalue weighted by Crippen LogP contribution is -2.10. The fourth-order valence-electron chi connectivity index (χ4n) is 1.80. The summed E-state index contributed by atoms with van der Waals surface area (Å²) in [6.45, 7) is 1.38. The number of methoxy groups -OCH3 is 1. The average Bonchev–Trinajstić information content (AvgIpc) is 2.46. The van der Waals surface area contributed by atoms with Gasteiger partial charge in [0.1, 0.15) is 11.6 Å². The quantitative estimate of drug-likeness (QED) is 0.493. The van der Waals surface area contributed by atoms with E-state index < -0.39 is 17.6 Å². The Morgan fingerprint density at radius 1 is 0.909 bits per heavy atom. The molecule has 0 spiro atoms. The summed E-state index contributed by atoms with van der Waals surface area (Å²) >= 11 is 0. The van der Waals surface area contributed by atoms with Gasteiger partial charge in [-0.3, -0.25) is 4.79 Å². The number of hydrogen-bond acceptors (Lipinski definition) is 4. The van der Waals surface area contributed by atoms with Gasteiger partial charge >= 0.3 is 5.97 Å². The Kier molecular flexibility index (Phi) is 4.50. The molecule has 0 aliphatic heterocycles. The minimum atomic E-state index is -0.938. The third-order valence-corrected chi connectivity index (χ3v) is 2.87. The molecule has 0 aliphatic carbocycles. The van der Waals surface area contributed by atoms with Crippen molar-refractivity contribution in [1.82, 2.24) is 0 Å². The topological polar surface area (TPSA) is 52.6 Å². The Morgan fingerprint density at radius 3 is 2.09 bits per heavy atom. The fourth-order valence-corrected chi connectivity index (χ4v) is 1.80. The molecule has 0 N–H and O–H groups in total. The van der Waals surface area contributed by atoms with Crippen LogP contribution < -0.4 is 9.47 Å². The summed E-state index contributed by atoms with van der Waals surface area (Å²) in [4.78, 5) is 23.2. The smallest absolute Gasteiger partial charge is 0.343 e. The van der Waals surface area contributed by atoms with Gasteiger partial charge in [-0.05, 0) is 37.3 Å². The molecule has 0 atom stereocenters. The first-order valence-electron chi connectivity index (χ1n) is 6.28. The van der Waals surface area contributed by atoms with Crippen molar-refractivity contribution in [2.24, 2.45) is 0 Å². The number of benzene rings is 2. The first kappa shape index (κ1) is 15.6. The molecule has 0 aliphatic rings. The van der Waals surface area contributed by atoms with E-state index in [-0.39, 0.29) is 22.8 Å². The van der Waals surface area contributed by atoms with Gasteiger partial charge in [-0.1, -0.05) is 0 Å². The zero-order valence-electron chi connectivity index (χ0n) is 11.9. The number of halogens is 2. The van der Waals surface area contributed by atoms with Crippen molar-refractivity contribution in [3.8, 4) is 11.5 Å². The van der Waals surface area contributed by atoms with Crippen LogP contribution in [0.4, 0.5) is 8.78 Å². The fraction of sp³-hybridized carbons (Fsp3) is 0.125. The molecule has 0 radical (unpaired) electrons. The van der Waals surface area contributed by atoms with Gasteiger partial charge < -0.3 is 9.47 Å². The molecule has 0 bridgehead atoms. The van der Waals surface area contributed by atoms with Gasteiger partial charge in [-0.25, -0.2) is 13.6 Å². The predicted octanol–water partition coefficient (Wildman–Crippen LogP) is 3.40. The number of esters is 1. The molecule has 114 valence electrons. The number of carbonyl (C=O) groups is 2. The molecule has 22 heavy (non-hydrogen) atoms. The summed E-state index contributed by atoms with van der Waals surface area (Å²) in [5.41, 5.74) is 0.114. The highest BCUT2D eigenvalue weighted by Crippen LogP contribution is 2.29. The van der Waals surface area contributed by atoms with Crippen LogP contribution in [0.3, 0.4) is 0 Å². The van der Waals surface area contributed by atoms with E-state index in [4.69, 9.17) is 9.47 Å². The first-order valence-corrected chi connectivity index (χ1v) is 6.28. The normalized spacial score (nSPS) is 10.2. The lowest BCUT2D eigenvalue weighted by Gasteiger charge is -2.10. The van der Waals surface area contributed by atoms with E-state index in [2.05, 4.69) is 0 Å². The molecule has 6 heteroatoms. The van der Waals surface area contributed by atoms with Crippen molar-refractivity contribution in [1.29, 1.82) is 0 Å². The van der Waals surface area contributed by atoms with Crippen molar-refractivity contribution in [3.63, 3.8) is 0 Å². The van der Waals surface area contributed by atoms with E-state index in [1.807, 2.05) is 0 Å². The van der Waals surface area contributed by atoms with Crippen LogP contribution in [0.5, 0.6) is 11.5 Å². The maximum Gasteiger partial charge on any atom is 0.343 e. The van der Waals surface area contributed by atoms with E-state index in [0.717, 1.165) is 12.1 Å². The third kappa shape index (κ3) is 3.46. The molecule has 2 rings (SSSR count). The highest BCUT2D eigenvalue weighted by molar-refractivity contribution is 5.95. The molecule has 0 fully saturated rings. The Labute approximate surface area is 125 Å². The highest BCUT2D eigenvalue weighted by Gasteiger charge is 2.15. The molecular weight excluding hydrogens is 294 g/mol. The molecule has 2 aromatic rings. The van der Waals surface area contributed by atoms with Crippen LogP contribution >= 0.6 is 0 Å². The number of ketones is 1. The average molecular weight is 306 g/mol. The van der Waals surface area contributed by atoms with Crippen molar-refractivity contribution in [3.05, 3.63) is 59.2 Å². The van der Waals surface area contributed by atoms with Gasteiger partial charge in [-0.15, -0.1) is 0 Å². The minimum Gasteiger partial charge on any atom is -0.493 e. The standard InChI is InChI=1S/C16H12F2O4/c1-9(19)10-3-4-14(15(7-10)21-2)22-16(20)11-5-12(17)8-13(18)6-11/h3-8H,1-2H3. The number of carbonyl (C=O) groups excluding carboxylic acids is 2. The highest BCUT2D eigenvalue weighted by atomic mass is 19.1. The van der Waals surface area contributed by atoms with E-state index in [0.29, 0.717) is 11.6 Å². The van der Waals surface area contributed by atoms with E-state index in [9.17, 15) is 18.4 Å². The summed E-state index contributed by atoms with van der Waals surface area (Å²) < 4.78 is 36.3. The van der Waals surface area contributed by atoms with Crippen LogP contribution in [0, 0.1) is 11.6 Å². The van der Waals surface area contributed by atoms with Crippen LogP contribution in [0.25, 0.3) is 0 Å². The van der Waals surface area contributed by atoms with Gasteiger partial charge in [-0.2, -0.15) is 0 Å². The summed E-state index contributed by atoms with van der Waals surface area (Å²) in [7, 11) is 1.35. The van der Waals surface area contributed by atoms with Crippen LogP contribution in [-0.2, 0) is 0 Å². The van der Waals surface area contributed by atoms with Crippen molar-refractivity contribution in [2.75, 3.05) is 7.11 Å². The van der Waals surface area contributed by atoms with Gasteiger partial charge in [0.15, 0.2) is 17.3 Å². The SMILES string of the molecule is COc1cc(C(C)=O)ccc1OC(=O)c1cc(F)cc(F)c1. The maximum absolute atomic E-state index is 13.1. The molecule has 0 saturated heterocycles. The van der Waals surface area contributed by atoms with Crippen LogP contribution in [-0.4, -0.2) is 18.9 Å². The van der Waals surface area contributed by atoms with Crippen LogP contribution in [0.15, 0.2) is 36.4 Å². The van der Waals surface area contributed by atoms with Crippen LogP contribution in [0.1, 0.15) is 27.6 Å². The lowest BCUT2D eigenvalue weighted by atomic mass is 10.1. The predicted molar refractivity (Wildman–Crippen MR) is 74.3 cm³/mol. The van der Waals surface area contributed by atoms with Gasteiger partial charge in [0, 0.05) is 11.6 Å². The Balaban J connectivity index is 2.29. The summed E-state index contributed by atoms with van der Waals surface area (Å²) in [5.74, 6) is -2.67. The second-order valence-electron chi connectivity index (χ2n) is 4.47. The van der Waals surface area contributed by atoms with E-state index >= 15 is 0 Å². The van der Waals surface area contributed by atoms with E-state index in [1.165, 1.54) is 32.2 Å². The molecule has 2 aromatic carbocycles. The second-order valence-corrected chi connectivity index (χ2v) is 4.47. The zero-order chi connectivity index (χ0) is 16.3. The van der Waals surface area contributed by atoms with Crippen LogP contribution in [0.2, 0.25) is 0 Å². The van der Waals surface area contributed by atoms with Gasteiger partial charge in [0.2, 0.25) is 0 Å².